The van der Waals surface area contributed by atoms with Crippen molar-refractivity contribution in [3.63, 3.8) is 0 Å². The van der Waals surface area contributed by atoms with Gasteiger partial charge in [-0.15, -0.1) is 0 Å². The van der Waals surface area contributed by atoms with Crippen molar-refractivity contribution < 1.29 is 54.5 Å². The van der Waals surface area contributed by atoms with Crippen LogP contribution in [-0.4, -0.2) is 28.9 Å². The summed E-state index contributed by atoms with van der Waals surface area (Å²) in [6.07, 6.45) is 1.81. The van der Waals surface area contributed by atoms with Gasteiger partial charge in [0, 0.05) is 6.04 Å². The molecule has 13 heavy (non-hydrogen) atoms. The summed E-state index contributed by atoms with van der Waals surface area (Å²) >= 11 is 0. The predicted octanol–water partition coefficient (Wildman–Crippen LogP) is -3.91. The molecule has 0 aliphatic heterocycles. The standard InChI is InChI=1S/C4H9N.CH2O3.CH2O2.Na/c5-4-2-1-3-4;2-1(3)4;2-1-3;/h4H,1-3,5H2;(H2,2,3,4);1H,(H,2,3);/q;;;+1/p-1. The van der Waals surface area contributed by atoms with Gasteiger partial charge in [-0.3, -0.25) is 4.79 Å². The van der Waals surface area contributed by atoms with Crippen LogP contribution in [-0.2, 0) is 4.79 Å². The molecule has 0 bridgehead atoms. The number of hydrogen-bond acceptors (Lipinski definition) is 4. The van der Waals surface area contributed by atoms with Gasteiger partial charge in [0.2, 0.25) is 6.16 Å². The minimum absolute atomic E-state index is 0. The third-order valence-electron chi connectivity index (χ3n) is 1.15. The van der Waals surface area contributed by atoms with E-state index < -0.39 is 6.16 Å². The van der Waals surface area contributed by atoms with E-state index in [-0.39, 0.29) is 36.0 Å². The van der Waals surface area contributed by atoms with Crippen molar-refractivity contribution in [2.75, 3.05) is 0 Å². The maximum Gasteiger partial charge on any atom is 1.00 e. The molecule has 72 valence electrons. The summed E-state index contributed by atoms with van der Waals surface area (Å²) in [5.41, 5.74) is 5.38. The second-order valence-electron chi connectivity index (χ2n) is 2.06. The third kappa shape index (κ3) is 33.9. The Balaban J connectivity index is -0.000000116. The summed E-state index contributed by atoms with van der Waals surface area (Å²) in [5.74, 6) is 0. The Labute approximate surface area is 98.0 Å². The van der Waals surface area contributed by atoms with E-state index in [2.05, 4.69) is 0 Å². The van der Waals surface area contributed by atoms with Gasteiger partial charge in [0.15, 0.2) is 0 Å². The summed E-state index contributed by atoms with van der Waals surface area (Å²) in [5, 5.41) is 22.2. The van der Waals surface area contributed by atoms with Crippen LogP contribution in [0.5, 0.6) is 0 Å². The van der Waals surface area contributed by atoms with Gasteiger partial charge in [0.1, 0.15) is 0 Å². The molecule has 0 radical (unpaired) electrons. The molecular formula is C6H12NNaO5. The monoisotopic (exact) mass is 201 g/mol. The van der Waals surface area contributed by atoms with Crippen LogP contribution < -0.4 is 40.4 Å². The Morgan fingerprint density at radius 3 is 1.69 bits per heavy atom. The molecule has 1 rings (SSSR count). The van der Waals surface area contributed by atoms with E-state index in [1.807, 2.05) is 0 Å². The van der Waals surface area contributed by atoms with Gasteiger partial charge in [-0.05, 0) is 12.8 Å². The van der Waals surface area contributed by atoms with Crippen LogP contribution >= 0.6 is 0 Å². The van der Waals surface area contributed by atoms with Crippen molar-refractivity contribution in [1.29, 1.82) is 0 Å². The molecule has 6 nitrogen and oxygen atoms in total. The molecule has 1 fully saturated rings. The molecule has 1 saturated carbocycles. The summed E-state index contributed by atoms with van der Waals surface area (Å²) in [6.45, 7) is -0.250. The molecule has 0 aromatic carbocycles. The first-order valence-corrected chi connectivity index (χ1v) is 3.28. The first-order valence-electron chi connectivity index (χ1n) is 3.28. The Morgan fingerprint density at radius 1 is 1.54 bits per heavy atom. The maximum absolute atomic E-state index is 8.44. The van der Waals surface area contributed by atoms with Crippen LogP contribution in [0.2, 0.25) is 0 Å². The van der Waals surface area contributed by atoms with Gasteiger partial charge in [-0.25, -0.2) is 0 Å². The van der Waals surface area contributed by atoms with E-state index in [1.165, 1.54) is 19.3 Å². The minimum Gasteiger partial charge on any atom is -0.565 e. The van der Waals surface area contributed by atoms with Crippen LogP contribution in [0.25, 0.3) is 0 Å². The van der Waals surface area contributed by atoms with E-state index in [4.69, 9.17) is 30.6 Å². The van der Waals surface area contributed by atoms with E-state index in [9.17, 15) is 0 Å². The normalized spacial score (nSPS) is 12.7. The zero-order chi connectivity index (χ0) is 9.98. The van der Waals surface area contributed by atoms with Crippen LogP contribution in [0.3, 0.4) is 0 Å². The quantitative estimate of drug-likeness (QED) is 0.272. The zero-order valence-corrected chi connectivity index (χ0v) is 9.47. The molecule has 7 heteroatoms. The number of nitrogens with two attached hydrogens (primary N) is 1. The van der Waals surface area contributed by atoms with E-state index in [1.54, 1.807) is 0 Å². The van der Waals surface area contributed by atoms with Crippen molar-refractivity contribution in [2.45, 2.75) is 25.3 Å². The fourth-order valence-corrected chi connectivity index (χ4v) is 0.440. The predicted molar refractivity (Wildman–Crippen MR) is 38.5 cm³/mol. The molecule has 0 heterocycles. The molecular weight excluding hydrogens is 189 g/mol. The Hall–Kier alpha value is -0.300. The molecule has 0 atom stereocenters. The van der Waals surface area contributed by atoms with Gasteiger partial charge >= 0.3 is 29.6 Å². The number of carboxylic acid groups (broad SMARTS) is 3. The van der Waals surface area contributed by atoms with Crippen LogP contribution in [0.1, 0.15) is 19.3 Å². The van der Waals surface area contributed by atoms with Crippen molar-refractivity contribution in [3.8, 4) is 0 Å². The fourth-order valence-electron chi connectivity index (χ4n) is 0.440. The third-order valence-corrected chi connectivity index (χ3v) is 1.15. The maximum atomic E-state index is 8.44. The molecule has 0 saturated heterocycles. The first-order chi connectivity index (χ1) is 5.54. The average Bonchev–Trinajstić information content (AvgIpc) is 1.84. The fraction of sp³-hybridized carbons (Fsp3) is 0.667. The summed E-state index contributed by atoms with van der Waals surface area (Å²) in [7, 11) is 0. The first kappa shape index (κ1) is 18.5. The topological polar surface area (TPSA) is 124 Å². The van der Waals surface area contributed by atoms with Crippen molar-refractivity contribution in [2.24, 2.45) is 5.73 Å². The molecule has 0 amide bonds. The Morgan fingerprint density at radius 2 is 1.69 bits per heavy atom. The van der Waals surface area contributed by atoms with Crippen LogP contribution in [0.4, 0.5) is 4.79 Å². The summed E-state index contributed by atoms with van der Waals surface area (Å²) in [6, 6.07) is 0.565. The molecule has 1 aliphatic carbocycles. The van der Waals surface area contributed by atoms with Crippen molar-refractivity contribution in [3.05, 3.63) is 0 Å². The van der Waals surface area contributed by atoms with Crippen LogP contribution in [0, 0.1) is 0 Å². The Bertz CT molecular complexity index is 124. The van der Waals surface area contributed by atoms with Crippen LogP contribution in [0.15, 0.2) is 0 Å². The molecule has 4 N–H and O–H groups in total. The molecule has 0 spiro atoms. The SMILES string of the molecule is NC1CCC1.O=C([O-])O.O=CO.[Na+]. The van der Waals surface area contributed by atoms with E-state index >= 15 is 0 Å². The number of hydrogen-bond donors (Lipinski definition) is 3. The second-order valence-corrected chi connectivity index (χ2v) is 2.06. The van der Waals surface area contributed by atoms with Crippen molar-refractivity contribution >= 4 is 12.6 Å². The minimum atomic E-state index is -2.08. The van der Waals surface area contributed by atoms with E-state index in [0.29, 0.717) is 6.04 Å². The Kier molecular flexibility index (Phi) is 20.2. The van der Waals surface area contributed by atoms with E-state index in [0.717, 1.165) is 0 Å². The molecule has 1 aliphatic rings. The molecule has 0 aromatic rings. The second kappa shape index (κ2) is 14.2. The van der Waals surface area contributed by atoms with Crippen molar-refractivity contribution in [1.82, 2.24) is 0 Å². The molecule has 0 aromatic heterocycles. The number of rotatable bonds is 0. The smallest absolute Gasteiger partial charge is 0.565 e. The van der Waals surface area contributed by atoms with Gasteiger partial charge in [0.25, 0.3) is 6.47 Å². The van der Waals surface area contributed by atoms with Gasteiger partial charge in [-0.2, -0.15) is 0 Å². The zero-order valence-electron chi connectivity index (χ0n) is 7.47. The average molecular weight is 201 g/mol. The largest absolute Gasteiger partial charge is 1.00 e. The van der Waals surface area contributed by atoms with Gasteiger partial charge in [0.05, 0.1) is 0 Å². The van der Waals surface area contributed by atoms with Gasteiger partial charge < -0.3 is 25.8 Å². The van der Waals surface area contributed by atoms with Gasteiger partial charge in [-0.1, -0.05) is 6.42 Å². The summed E-state index contributed by atoms with van der Waals surface area (Å²) in [4.78, 5) is 16.8. The number of carbonyl (C=O) groups is 2. The molecule has 0 unspecified atom stereocenters. The summed E-state index contributed by atoms with van der Waals surface area (Å²) < 4.78 is 0.